The number of phosphoric acid groups is 1. The standard InChI is InChI=1S/C18H19N6O8P/c1-9(10-4-2-3-5-11(10)24(26)27)31-33(28)29-6-12-15(32-33)14(25)18(30-12)23-8-22-13-16(19)20-7-21-17(13)23/h2-5,7-9,12,14-15,18,25H,6H2,1H3,(H2,19,20,21)/t9-,12+,14+,15+,18+,33-/m0/s1. The molecule has 2 aliphatic heterocycles. The normalized spacial score (nSPS) is 30.2. The molecule has 6 atom stereocenters. The SMILES string of the molecule is C[C@H](O[P@]1(=O)OC[C@H]2O[C@@H](n3cnc4c(N)ncnc43)[C@H](O)[C@@H]2O1)c1ccccc1[N+](=O)[O-]. The number of benzene rings is 1. The number of fused-ring (bicyclic) bond motifs is 2. The maximum atomic E-state index is 13.2. The summed E-state index contributed by atoms with van der Waals surface area (Å²) in [6.07, 6.45) is -2.38. The van der Waals surface area contributed by atoms with E-state index in [1.165, 1.54) is 42.3 Å². The van der Waals surface area contributed by atoms with Gasteiger partial charge in [-0.3, -0.25) is 28.3 Å². The number of hydrogen-bond donors (Lipinski definition) is 2. The molecule has 0 aliphatic carbocycles. The van der Waals surface area contributed by atoms with Gasteiger partial charge in [0.05, 0.1) is 29.5 Å². The number of ether oxygens (including phenoxy) is 1. The van der Waals surface area contributed by atoms with Crippen molar-refractivity contribution in [1.29, 1.82) is 0 Å². The number of hydrogen-bond acceptors (Lipinski definition) is 12. The van der Waals surface area contributed by atoms with Gasteiger partial charge in [0.15, 0.2) is 17.7 Å². The fourth-order valence-corrected chi connectivity index (χ4v) is 5.48. The van der Waals surface area contributed by atoms with E-state index >= 15 is 0 Å². The predicted octanol–water partition coefficient (Wildman–Crippen LogP) is 1.88. The summed E-state index contributed by atoms with van der Waals surface area (Å²) in [6, 6.07) is 5.92. The molecule has 0 saturated carbocycles. The number of nitrogens with two attached hydrogens (primary N) is 1. The highest BCUT2D eigenvalue weighted by Gasteiger charge is 2.54. The highest BCUT2D eigenvalue weighted by molar-refractivity contribution is 7.48. The second kappa shape index (κ2) is 8.09. The van der Waals surface area contributed by atoms with Gasteiger partial charge in [-0.15, -0.1) is 0 Å². The number of phosphoric ester groups is 1. The van der Waals surface area contributed by atoms with Crippen molar-refractivity contribution in [1.82, 2.24) is 19.5 Å². The Morgan fingerprint density at radius 2 is 2.15 bits per heavy atom. The van der Waals surface area contributed by atoms with Crippen LogP contribution in [0.15, 0.2) is 36.9 Å². The van der Waals surface area contributed by atoms with Crippen LogP contribution >= 0.6 is 7.82 Å². The number of para-hydroxylation sites is 1. The molecule has 0 radical (unpaired) electrons. The Bertz CT molecular complexity index is 1270. The molecular weight excluding hydrogens is 459 g/mol. The van der Waals surface area contributed by atoms with Gasteiger partial charge >= 0.3 is 7.82 Å². The first kappa shape index (κ1) is 21.8. The van der Waals surface area contributed by atoms with Crippen LogP contribution in [0.4, 0.5) is 11.5 Å². The average Bonchev–Trinajstić information content (AvgIpc) is 3.35. The molecule has 15 heteroatoms. The minimum absolute atomic E-state index is 0.171. The Labute approximate surface area is 186 Å². The molecule has 2 fully saturated rings. The number of anilines is 1. The van der Waals surface area contributed by atoms with Crippen LogP contribution in [0.3, 0.4) is 0 Å². The second-order valence-electron chi connectivity index (χ2n) is 7.52. The molecule has 0 bridgehead atoms. The molecule has 4 heterocycles. The van der Waals surface area contributed by atoms with Crippen molar-refractivity contribution in [3.05, 3.63) is 52.6 Å². The largest absolute Gasteiger partial charge is 0.475 e. The number of nitro benzene ring substituents is 1. The van der Waals surface area contributed by atoms with E-state index in [0.29, 0.717) is 11.2 Å². The van der Waals surface area contributed by atoms with Gasteiger partial charge in [-0.25, -0.2) is 19.5 Å². The van der Waals surface area contributed by atoms with Gasteiger partial charge in [-0.1, -0.05) is 12.1 Å². The highest BCUT2D eigenvalue weighted by atomic mass is 31.2. The van der Waals surface area contributed by atoms with Gasteiger partial charge in [0, 0.05) is 6.07 Å². The lowest BCUT2D eigenvalue weighted by Crippen LogP contribution is -2.39. The van der Waals surface area contributed by atoms with Crippen LogP contribution in [0.1, 0.15) is 24.8 Å². The van der Waals surface area contributed by atoms with Crippen LogP contribution in [0, 0.1) is 10.1 Å². The molecule has 2 aromatic heterocycles. The molecule has 3 aromatic rings. The molecule has 174 valence electrons. The number of rotatable bonds is 5. The van der Waals surface area contributed by atoms with Crippen molar-refractivity contribution in [2.45, 2.75) is 37.6 Å². The maximum Gasteiger partial charge on any atom is 0.475 e. The monoisotopic (exact) mass is 478 g/mol. The molecular formula is C18H19N6O8P. The number of nitro groups is 1. The predicted molar refractivity (Wildman–Crippen MR) is 111 cm³/mol. The van der Waals surface area contributed by atoms with Gasteiger partial charge in [-0.2, -0.15) is 0 Å². The highest BCUT2D eigenvalue weighted by Crippen LogP contribution is 2.59. The molecule has 5 rings (SSSR count). The summed E-state index contributed by atoms with van der Waals surface area (Å²) in [7, 11) is -4.18. The van der Waals surface area contributed by atoms with Crippen molar-refractivity contribution in [3.8, 4) is 0 Å². The minimum atomic E-state index is -4.18. The van der Waals surface area contributed by atoms with Gasteiger partial charge in [0.1, 0.15) is 30.2 Å². The fraction of sp³-hybridized carbons (Fsp3) is 0.389. The van der Waals surface area contributed by atoms with Crippen molar-refractivity contribution in [2.75, 3.05) is 12.3 Å². The Kier molecular flexibility index (Phi) is 5.35. The van der Waals surface area contributed by atoms with E-state index in [4.69, 9.17) is 24.0 Å². The lowest BCUT2D eigenvalue weighted by atomic mass is 10.1. The molecule has 2 saturated heterocycles. The Hall–Kier alpha value is -3.00. The van der Waals surface area contributed by atoms with Gasteiger partial charge in [0.25, 0.3) is 5.69 Å². The van der Waals surface area contributed by atoms with Crippen molar-refractivity contribution >= 4 is 30.5 Å². The van der Waals surface area contributed by atoms with E-state index in [2.05, 4.69) is 15.0 Å². The van der Waals surface area contributed by atoms with Gasteiger partial charge < -0.3 is 15.6 Å². The van der Waals surface area contributed by atoms with E-state index in [1.807, 2.05) is 0 Å². The van der Waals surface area contributed by atoms with E-state index in [-0.39, 0.29) is 23.7 Å². The van der Waals surface area contributed by atoms with Crippen LogP contribution in [0.5, 0.6) is 0 Å². The van der Waals surface area contributed by atoms with E-state index in [1.54, 1.807) is 6.07 Å². The number of nitrogens with zero attached hydrogens (tertiary/aromatic N) is 5. The molecule has 14 nitrogen and oxygen atoms in total. The third-order valence-electron chi connectivity index (χ3n) is 5.48. The Morgan fingerprint density at radius 1 is 1.36 bits per heavy atom. The zero-order valence-corrected chi connectivity index (χ0v) is 18.0. The average molecular weight is 478 g/mol. The first-order chi connectivity index (χ1) is 15.8. The topological polar surface area (TPSA) is 187 Å². The van der Waals surface area contributed by atoms with Crippen molar-refractivity contribution in [3.63, 3.8) is 0 Å². The Morgan fingerprint density at radius 3 is 2.94 bits per heavy atom. The number of aliphatic hydroxyl groups excluding tert-OH is 1. The number of aliphatic hydroxyl groups is 1. The molecule has 0 spiro atoms. The molecule has 1 aromatic carbocycles. The molecule has 3 N–H and O–H groups in total. The van der Waals surface area contributed by atoms with Crippen LogP contribution in [0.2, 0.25) is 0 Å². The lowest BCUT2D eigenvalue weighted by Gasteiger charge is -2.32. The first-order valence-electron chi connectivity index (χ1n) is 9.88. The molecule has 33 heavy (non-hydrogen) atoms. The number of aromatic nitrogens is 4. The minimum Gasteiger partial charge on any atom is -0.386 e. The van der Waals surface area contributed by atoms with Crippen LogP contribution in [0.25, 0.3) is 11.2 Å². The van der Waals surface area contributed by atoms with Gasteiger partial charge in [-0.05, 0) is 13.0 Å². The van der Waals surface area contributed by atoms with Crippen LogP contribution in [-0.2, 0) is 22.9 Å². The van der Waals surface area contributed by atoms with E-state index < -0.39 is 43.4 Å². The number of nitrogen functional groups attached to an aromatic ring is 1. The summed E-state index contributed by atoms with van der Waals surface area (Å²) < 4.78 is 36.9. The Balaban J connectivity index is 1.36. The van der Waals surface area contributed by atoms with Crippen molar-refractivity contribution in [2.24, 2.45) is 0 Å². The quantitative estimate of drug-likeness (QED) is 0.308. The number of imidazole rings is 1. The van der Waals surface area contributed by atoms with Gasteiger partial charge in [0.2, 0.25) is 0 Å². The zero-order valence-electron chi connectivity index (χ0n) is 17.1. The fourth-order valence-electron chi connectivity index (χ4n) is 3.92. The summed E-state index contributed by atoms with van der Waals surface area (Å²) in [4.78, 5) is 22.9. The smallest absolute Gasteiger partial charge is 0.386 e. The first-order valence-corrected chi connectivity index (χ1v) is 11.3. The lowest BCUT2D eigenvalue weighted by molar-refractivity contribution is -0.386. The van der Waals surface area contributed by atoms with Crippen LogP contribution in [-0.4, -0.2) is 54.5 Å². The summed E-state index contributed by atoms with van der Waals surface area (Å²) in [5, 5.41) is 22.2. The third kappa shape index (κ3) is 3.76. The summed E-state index contributed by atoms with van der Waals surface area (Å²) in [5.74, 6) is 0.171. The molecule has 0 unspecified atom stereocenters. The summed E-state index contributed by atoms with van der Waals surface area (Å²) in [5.41, 5.74) is 6.51. The summed E-state index contributed by atoms with van der Waals surface area (Å²) >= 11 is 0. The van der Waals surface area contributed by atoms with Crippen molar-refractivity contribution < 1.29 is 32.9 Å². The zero-order chi connectivity index (χ0) is 23.3. The summed E-state index contributed by atoms with van der Waals surface area (Å²) in [6.45, 7) is 1.30. The third-order valence-corrected chi connectivity index (χ3v) is 7.02. The van der Waals surface area contributed by atoms with Crippen LogP contribution < -0.4 is 5.73 Å². The molecule has 2 aliphatic rings. The maximum absolute atomic E-state index is 13.2. The second-order valence-corrected chi connectivity index (χ2v) is 9.09. The van der Waals surface area contributed by atoms with E-state index in [0.717, 1.165) is 0 Å². The van der Waals surface area contributed by atoms with E-state index in [9.17, 15) is 19.8 Å². The molecule has 0 amide bonds.